The van der Waals surface area contributed by atoms with Crippen LogP contribution in [-0.2, 0) is 4.79 Å². The number of anilines is 1. The standard InChI is InChI=1S/C15H17ClN4O3/c1-2-3-9-23-15-19-13(16)18-14(20-15)17-11(12(21)22)10-7-5-4-6-8-10/h4-8,11H,2-3,9H2,1H3,(H,21,22)(H,17,18,19,20)/t11-/m1/s1. The molecule has 0 spiro atoms. The minimum absolute atomic E-state index is 0.0488. The topological polar surface area (TPSA) is 97.2 Å². The summed E-state index contributed by atoms with van der Waals surface area (Å²) in [4.78, 5) is 23.3. The zero-order chi connectivity index (χ0) is 16.7. The summed E-state index contributed by atoms with van der Waals surface area (Å²) < 4.78 is 5.38. The summed E-state index contributed by atoms with van der Waals surface area (Å²) in [6.07, 6.45) is 1.83. The van der Waals surface area contributed by atoms with Gasteiger partial charge in [-0.1, -0.05) is 43.7 Å². The van der Waals surface area contributed by atoms with E-state index in [4.69, 9.17) is 16.3 Å². The van der Waals surface area contributed by atoms with Gasteiger partial charge in [-0.05, 0) is 23.6 Å². The van der Waals surface area contributed by atoms with Crippen molar-refractivity contribution in [3.05, 3.63) is 41.2 Å². The number of nitrogens with one attached hydrogen (secondary N) is 1. The van der Waals surface area contributed by atoms with Crippen molar-refractivity contribution in [3.8, 4) is 6.01 Å². The van der Waals surface area contributed by atoms with Gasteiger partial charge in [0.25, 0.3) is 0 Å². The van der Waals surface area contributed by atoms with Gasteiger partial charge in [-0.3, -0.25) is 0 Å². The molecule has 1 atom stereocenters. The fraction of sp³-hybridized carbons (Fsp3) is 0.333. The van der Waals surface area contributed by atoms with E-state index in [1.54, 1.807) is 24.3 Å². The van der Waals surface area contributed by atoms with Gasteiger partial charge in [0.15, 0.2) is 6.04 Å². The molecular weight excluding hydrogens is 320 g/mol. The molecule has 0 saturated heterocycles. The quantitative estimate of drug-likeness (QED) is 0.715. The van der Waals surface area contributed by atoms with Gasteiger partial charge in [-0.25, -0.2) is 4.79 Å². The molecule has 23 heavy (non-hydrogen) atoms. The normalized spacial score (nSPS) is 11.7. The Hall–Kier alpha value is -2.41. The van der Waals surface area contributed by atoms with Crippen LogP contribution in [0.25, 0.3) is 0 Å². The molecule has 1 aromatic heterocycles. The van der Waals surface area contributed by atoms with Gasteiger partial charge < -0.3 is 15.2 Å². The highest BCUT2D eigenvalue weighted by Gasteiger charge is 2.21. The molecule has 0 amide bonds. The lowest BCUT2D eigenvalue weighted by Crippen LogP contribution is -2.22. The SMILES string of the molecule is CCCCOc1nc(Cl)nc(N[C@@H](C(=O)O)c2ccccc2)n1. The van der Waals surface area contributed by atoms with Gasteiger partial charge >= 0.3 is 12.0 Å². The van der Waals surface area contributed by atoms with E-state index < -0.39 is 12.0 Å². The van der Waals surface area contributed by atoms with Gasteiger partial charge in [0.05, 0.1) is 6.61 Å². The number of ether oxygens (including phenoxy) is 1. The predicted octanol–water partition coefficient (Wildman–Crippen LogP) is 2.94. The monoisotopic (exact) mass is 336 g/mol. The molecule has 1 heterocycles. The van der Waals surface area contributed by atoms with E-state index in [1.165, 1.54) is 0 Å². The number of halogens is 1. The van der Waals surface area contributed by atoms with Crippen LogP contribution in [0.15, 0.2) is 30.3 Å². The predicted molar refractivity (Wildman–Crippen MR) is 85.7 cm³/mol. The van der Waals surface area contributed by atoms with Gasteiger partial charge in [-0.2, -0.15) is 15.0 Å². The summed E-state index contributed by atoms with van der Waals surface area (Å²) in [6.45, 7) is 2.49. The Labute approximate surface area is 138 Å². The van der Waals surface area contributed by atoms with Crippen molar-refractivity contribution >= 4 is 23.5 Å². The Morgan fingerprint density at radius 1 is 1.30 bits per heavy atom. The molecule has 0 aliphatic carbocycles. The molecule has 1 aromatic carbocycles. The minimum Gasteiger partial charge on any atom is -0.479 e. The highest BCUT2D eigenvalue weighted by atomic mass is 35.5. The van der Waals surface area contributed by atoms with E-state index in [2.05, 4.69) is 20.3 Å². The maximum absolute atomic E-state index is 11.5. The first-order valence-electron chi connectivity index (χ1n) is 7.18. The molecule has 0 bridgehead atoms. The number of hydrogen-bond donors (Lipinski definition) is 2. The molecular formula is C15H17ClN4O3. The molecule has 2 aromatic rings. The number of hydrogen-bond acceptors (Lipinski definition) is 6. The van der Waals surface area contributed by atoms with Crippen LogP contribution in [0, 0.1) is 0 Å². The Morgan fingerprint density at radius 2 is 2.04 bits per heavy atom. The van der Waals surface area contributed by atoms with Gasteiger partial charge in [0, 0.05) is 0 Å². The number of carboxylic acids is 1. The van der Waals surface area contributed by atoms with Crippen molar-refractivity contribution in [1.29, 1.82) is 0 Å². The molecule has 7 nitrogen and oxygen atoms in total. The van der Waals surface area contributed by atoms with Crippen molar-refractivity contribution in [2.24, 2.45) is 0 Å². The van der Waals surface area contributed by atoms with Crippen molar-refractivity contribution in [1.82, 2.24) is 15.0 Å². The van der Waals surface area contributed by atoms with E-state index in [0.29, 0.717) is 12.2 Å². The Kier molecular flexibility index (Phi) is 6.10. The number of rotatable bonds is 8. The summed E-state index contributed by atoms with van der Waals surface area (Å²) >= 11 is 5.84. The van der Waals surface area contributed by atoms with Crippen LogP contribution in [0.3, 0.4) is 0 Å². The van der Waals surface area contributed by atoms with Crippen LogP contribution in [0.2, 0.25) is 5.28 Å². The van der Waals surface area contributed by atoms with E-state index in [9.17, 15) is 9.90 Å². The van der Waals surface area contributed by atoms with Crippen molar-refractivity contribution in [3.63, 3.8) is 0 Å². The smallest absolute Gasteiger partial charge is 0.330 e. The number of unbranched alkanes of at least 4 members (excludes halogenated alkanes) is 1. The second-order valence-electron chi connectivity index (χ2n) is 4.74. The molecule has 0 fully saturated rings. The van der Waals surface area contributed by atoms with Crippen molar-refractivity contribution < 1.29 is 14.6 Å². The van der Waals surface area contributed by atoms with Gasteiger partial charge in [-0.15, -0.1) is 0 Å². The zero-order valence-corrected chi connectivity index (χ0v) is 13.3. The summed E-state index contributed by atoms with van der Waals surface area (Å²) in [7, 11) is 0. The Bertz CT molecular complexity index is 654. The van der Waals surface area contributed by atoms with Crippen LogP contribution in [0.5, 0.6) is 6.01 Å². The van der Waals surface area contributed by atoms with E-state index in [0.717, 1.165) is 12.8 Å². The molecule has 2 rings (SSSR count). The third kappa shape index (κ3) is 5.07. The summed E-state index contributed by atoms with van der Waals surface area (Å²) in [5.74, 6) is -1.01. The number of aliphatic carboxylic acids is 1. The molecule has 122 valence electrons. The first-order chi connectivity index (χ1) is 11.1. The average molecular weight is 337 g/mol. The lowest BCUT2D eigenvalue weighted by Gasteiger charge is -2.15. The van der Waals surface area contributed by atoms with Gasteiger partial charge in [0.2, 0.25) is 11.2 Å². The maximum atomic E-state index is 11.5. The lowest BCUT2D eigenvalue weighted by atomic mass is 10.1. The molecule has 0 aliphatic rings. The van der Waals surface area contributed by atoms with E-state index in [1.807, 2.05) is 13.0 Å². The number of aromatic nitrogens is 3. The molecule has 0 unspecified atom stereocenters. The number of benzene rings is 1. The Balaban J connectivity index is 2.18. The number of nitrogens with zero attached hydrogens (tertiary/aromatic N) is 3. The third-order valence-electron chi connectivity index (χ3n) is 2.97. The van der Waals surface area contributed by atoms with Crippen LogP contribution >= 0.6 is 11.6 Å². The summed E-state index contributed by atoms with van der Waals surface area (Å²) in [5.41, 5.74) is 0.574. The first kappa shape index (κ1) is 17.0. The van der Waals surface area contributed by atoms with Gasteiger partial charge in [0.1, 0.15) is 0 Å². The largest absolute Gasteiger partial charge is 0.479 e. The third-order valence-corrected chi connectivity index (χ3v) is 3.14. The van der Waals surface area contributed by atoms with Crippen LogP contribution in [-0.4, -0.2) is 32.6 Å². The molecule has 0 aliphatic heterocycles. The molecule has 8 heteroatoms. The van der Waals surface area contributed by atoms with Crippen LogP contribution in [0.1, 0.15) is 31.4 Å². The molecule has 2 N–H and O–H groups in total. The van der Waals surface area contributed by atoms with E-state index in [-0.39, 0.29) is 17.2 Å². The highest BCUT2D eigenvalue weighted by Crippen LogP contribution is 2.19. The zero-order valence-electron chi connectivity index (χ0n) is 12.6. The molecule has 0 radical (unpaired) electrons. The molecule has 0 saturated carbocycles. The highest BCUT2D eigenvalue weighted by molar-refractivity contribution is 6.28. The van der Waals surface area contributed by atoms with Crippen molar-refractivity contribution in [2.45, 2.75) is 25.8 Å². The Morgan fingerprint density at radius 3 is 2.70 bits per heavy atom. The lowest BCUT2D eigenvalue weighted by molar-refractivity contribution is -0.138. The summed E-state index contributed by atoms with van der Waals surface area (Å²) in [5, 5.41) is 12.1. The number of carbonyl (C=O) groups is 1. The summed E-state index contributed by atoms with van der Waals surface area (Å²) in [6, 6.07) is 7.79. The average Bonchev–Trinajstić information content (AvgIpc) is 2.53. The van der Waals surface area contributed by atoms with Crippen LogP contribution in [0.4, 0.5) is 5.95 Å². The number of carboxylic acid groups (broad SMARTS) is 1. The van der Waals surface area contributed by atoms with Crippen molar-refractivity contribution in [2.75, 3.05) is 11.9 Å². The minimum atomic E-state index is -1.05. The fourth-order valence-corrected chi connectivity index (χ4v) is 1.98. The first-order valence-corrected chi connectivity index (χ1v) is 7.56. The second-order valence-corrected chi connectivity index (χ2v) is 5.08. The maximum Gasteiger partial charge on any atom is 0.330 e. The van der Waals surface area contributed by atoms with E-state index >= 15 is 0 Å². The van der Waals surface area contributed by atoms with Crippen LogP contribution < -0.4 is 10.1 Å². The fourth-order valence-electron chi connectivity index (χ4n) is 1.83. The second kappa shape index (κ2) is 8.28.